The third kappa shape index (κ3) is 6.14. The first-order valence-corrected chi connectivity index (χ1v) is 10.2. The Morgan fingerprint density at radius 3 is 2.48 bits per heavy atom. The van der Waals surface area contributed by atoms with Gasteiger partial charge in [0.05, 0.1) is 31.3 Å². The number of ether oxygens (including phenoxy) is 3. The van der Waals surface area contributed by atoms with E-state index in [1.54, 1.807) is 6.07 Å². The molecule has 1 fully saturated rings. The number of nitrogens with zero attached hydrogens (tertiary/aromatic N) is 1. The van der Waals surface area contributed by atoms with E-state index in [-0.39, 0.29) is 4.90 Å². The number of nitrogens with one attached hydrogen (secondary N) is 1. The molecular weight excluding hydrogens is 344 g/mol. The summed E-state index contributed by atoms with van der Waals surface area (Å²) in [5.74, 6) is 0.996. The Labute approximate surface area is 150 Å². The van der Waals surface area contributed by atoms with Crippen molar-refractivity contribution in [2.75, 3.05) is 52.6 Å². The molecule has 1 heterocycles. The van der Waals surface area contributed by atoms with Crippen LogP contribution in [0.5, 0.6) is 11.5 Å². The molecule has 0 unspecified atom stereocenters. The van der Waals surface area contributed by atoms with Crippen molar-refractivity contribution in [2.45, 2.75) is 25.2 Å². The highest BCUT2D eigenvalue weighted by atomic mass is 32.2. The molecule has 1 aliphatic heterocycles. The fourth-order valence-electron chi connectivity index (χ4n) is 2.62. The van der Waals surface area contributed by atoms with Crippen LogP contribution in [-0.4, -0.2) is 65.9 Å². The van der Waals surface area contributed by atoms with E-state index < -0.39 is 10.0 Å². The Balaban J connectivity index is 1.92. The highest BCUT2D eigenvalue weighted by Gasteiger charge is 2.17. The third-order valence-corrected chi connectivity index (χ3v) is 5.33. The molecule has 0 saturated carbocycles. The second-order valence-electron chi connectivity index (χ2n) is 5.68. The number of hydrogen-bond acceptors (Lipinski definition) is 6. The molecular formula is C17H28N2O5S. The molecule has 0 aromatic heterocycles. The summed E-state index contributed by atoms with van der Waals surface area (Å²) in [6, 6.07) is 4.69. The van der Waals surface area contributed by atoms with Crippen LogP contribution in [0.1, 0.15) is 20.3 Å². The fraction of sp³-hybridized carbons (Fsp3) is 0.647. The molecule has 0 atom stereocenters. The Kier molecular flexibility index (Phi) is 7.95. The number of benzene rings is 1. The van der Waals surface area contributed by atoms with Gasteiger partial charge >= 0.3 is 0 Å². The molecule has 1 saturated heterocycles. The first kappa shape index (κ1) is 20.0. The lowest BCUT2D eigenvalue weighted by atomic mass is 10.3. The van der Waals surface area contributed by atoms with E-state index in [2.05, 4.69) is 9.62 Å². The lowest BCUT2D eigenvalue weighted by Gasteiger charge is -2.26. The minimum absolute atomic E-state index is 0.186. The van der Waals surface area contributed by atoms with Crippen LogP contribution in [0.15, 0.2) is 23.1 Å². The van der Waals surface area contributed by atoms with Crippen molar-refractivity contribution in [3.63, 3.8) is 0 Å². The molecule has 142 valence electrons. The number of rotatable bonds is 10. The molecule has 2 rings (SSSR count). The summed E-state index contributed by atoms with van der Waals surface area (Å²) in [5.41, 5.74) is 0. The van der Waals surface area contributed by atoms with Gasteiger partial charge in [-0.05, 0) is 38.9 Å². The summed E-state index contributed by atoms with van der Waals surface area (Å²) in [4.78, 5) is 2.47. The zero-order valence-corrected chi connectivity index (χ0v) is 15.8. The summed E-state index contributed by atoms with van der Waals surface area (Å²) < 4.78 is 43.9. The largest absolute Gasteiger partial charge is 0.490 e. The Morgan fingerprint density at radius 1 is 1.12 bits per heavy atom. The van der Waals surface area contributed by atoms with Crippen LogP contribution in [0.2, 0.25) is 0 Å². The molecule has 1 N–H and O–H groups in total. The molecule has 8 heteroatoms. The van der Waals surface area contributed by atoms with Crippen molar-refractivity contribution in [3.05, 3.63) is 18.2 Å². The van der Waals surface area contributed by atoms with Gasteiger partial charge in [0.15, 0.2) is 11.5 Å². The lowest BCUT2D eigenvalue weighted by Crippen LogP contribution is -2.38. The van der Waals surface area contributed by atoms with E-state index in [4.69, 9.17) is 14.2 Å². The first-order valence-electron chi connectivity index (χ1n) is 8.76. The minimum atomic E-state index is -3.56. The van der Waals surface area contributed by atoms with Gasteiger partial charge in [-0.3, -0.25) is 4.90 Å². The van der Waals surface area contributed by atoms with Crippen molar-refractivity contribution < 1.29 is 22.6 Å². The van der Waals surface area contributed by atoms with E-state index in [9.17, 15) is 8.42 Å². The molecule has 0 amide bonds. The molecule has 0 bridgehead atoms. The van der Waals surface area contributed by atoms with E-state index in [0.29, 0.717) is 31.3 Å². The Morgan fingerprint density at radius 2 is 1.80 bits per heavy atom. The van der Waals surface area contributed by atoms with Crippen molar-refractivity contribution in [2.24, 2.45) is 0 Å². The Hall–Kier alpha value is -1.35. The second kappa shape index (κ2) is 9.96. The monoisotopic (exact) mass is 372 g/mol. The highest BCUT2D eigenvalue weighted by Crippen LogP contribution is 2.30. The van der Waals surface area contributed by atoms with Gasteiger partial charge in [0, 0.05) is 25.7 Å². The van der Waals surface area contributed by atoms with Crippen LogP contribution in [0.25, 0.3) is 0 Å². The van der Waals surface area contributed by atoms with Gasteiger partial charge in [0.25, 0.3) is 0 Å². The molecule has 1 aromatic rings. The standard InChI is InChI=1S/C17H28N2O5S/c1-3-23-16-7-6-15(14-17(16)24-4-2)25(20,21)18-8-5-9-19-10-12-22-13-11-19/h6-7,14,18H,3-5,8-13H2,1-2H3. The first-order chi connectivity index (χ1) is 12.1. The zero-order valence-electron chi connectivity index (χ0n) is 15.0. The third-order valence-electron chi connectivity index (χ3n) is 3.87. The summed E-state index contributed by atoms with van der Waals surface area (Å²) in [7, 11) is -3.56. The summed E-state index contributed by atoms with van der Waals surface area (Å²) in [5, 5.41) is 0. The molecule has 1 aromatic carbocycles. The molecule has 0 aliphatic carbocycles. The van der Waals surface area contributed by atoms with Crippen LogP contribution < -0.4 is 14.2 Å². The van der Waals surface area contributed by atoms with Gasteiger partial charge in [-0.25, -0.2) is 13.1 Å². The fourth-order valence-corrected chi connectivity index (χ4v) is 3.71. The van der Waals surface area contributed by atoms with E-state index in [0.717, 1.165) is 39.3 Å². The smallest absolute Gasteiger partial charge is 0.240 e. The van der Waals surface area contributed by atoms with Gasteiger partial charge in [-0.2, -0.15) is 0 Å². The van der Waals surface area contributed by atoms with Crippen LogP contribution in [0, 0.1) is 0 Å². The Bertz CT molecular complexity index is 630. The van der Waals surface area contributed by atoms with Gasteiger partial charge in [0.1, 0.15) is 0 Å². The van der Waals surface area contributed by atoms with Crippen LogP contribution in [0.4, 0.5) is 0 Å². The van der Waals surface area contributed by atoms with Gasteiger partial charge in [-0.1, -0.05) is 0 Å². The van der Waals surface area contributed by atoms with Gasteiger partial charge in [0.2, 0.25) is 10.0 Å². The van der Waals surface area contributed by atoms with E-state index >= 15 is 0 Å². The average molecular weight is 372 g/mol. The quantitative estimate of drug-likeness (QED) is 0.627. The summed E-state index contributed by atoms with van der Waals surface area (Å²) >= 11 is 0. The lowest BCUT2D eigenvalue weighted by molar-refractivity contribution is 0.0376. The zero-order chi connectivity index (χ0) is 18.1. The van der Waals surface area contributed by atoms with Crippen LogP contribution >= 0.6 is 0 Å². The summed E-state index contributed by atoms with van der Waals surface area (Å²) in [6.07, 6.45) is 0.759. The van der Waals surface area contributed by atoms with Gasteiger partial charge in [-0.15, -0.1) is 0 Å². The normalized spacial score (nSPS) is 15.9. The van der Waals surface area contributed by atoms with Crippen LogP contribution in [0.3, 0.4) is 0 Å². The SMILES string of the molecule is CCOc1ccc(S(=O)(=O)NCCCN2CCOCC2)cc1OCC. The number of sulfonamides is 1. The topological polar surface area (TPSA) is 77.1 Å². The number of hydrogen-bond donors (Lipinski definition) is 1. The maximum atomic E-state index is 12.5. The second-order valence-corrected chi connectivity index (χ2v) is 7.45. The predicted octanol–water partition coefficient (Wildman–Crippen LogP) is 1.48. The maximum Gasteiger partial charge on any atom is 0.240 e. The predicted molar refractivity (Wildman–Crippen MR) is 95.8 cm³/mol. The van der Waals surface area contributed by atoms with Crippen molar-refractivity contribution in [1.82, 2.24) is 9.62 Å². The number of morpholine rings is 1. The molecule has 0 spiro atoms. The maximum absolute atomic E-state index is 12.5. The molecule has 1 aliphatic rings. The van der Waals surface area contributed by atoms with E-state index in [1.165, 1.54) is 12.1 Å². The molecule has 0 radical (unpaired) electrons. The van der Waals surface area contributed by atoms with Crippen molar-refractivity contribution >= 4 is 10.0 Å². The summed E-state index contributed by atoms with van der Waals surface area (Å²) in [6.45, 7) is 9.22. The highest BCUT2D eigenvalue weighted by molar-refractivity contribution is 7.89. The van der Waals surface area contributed by atoms with Gasteiger partial charge < -0.3 is 14.2 Å². The van der Waals surface area contributed by atoms with Crippen molar-refractivity contribution in [3.8, 4) is 11.5 Å². The van der Waals surface area contributed by atoms with Crippen molar-refractivity contribution in [1.29, 1.82) is 0 Å². The average Bonchev–Trinajstić information content (AvgIpc) is 2.61. The van der Waals surface area contributed by atoms with E-state index in [1.807, 2.05) is 13.8 Å². The van der Waals surface area contributed by atoms with Crippen LogP contribution in [-0.2, 0) is 14.8 Å². The molecule has 7 nitrogen and oxygen atoms in total. The minimum Gasteiger partial charge on any atom is -0.490 e. The molecule has 25 heavy (non-hydrogen) atoms.